The number of aromatic nitrogens is 2. The van der Waals surface area contributed by atoms with Gasteiger partial charge in [0.15, 0.2) is 0 Å². The Hall–Kier alpha value is -5.06. The quantitative estimate of drug-likeness (QED) is 0.180. The van der Waals surface area contributed by atoms with Crippen LogP contribution in [-0.2, 0) is 21.7 Å². The van der Waals surface area contributed by atoms with E-state index in [0.29, 0.717) is 50.6 Å². The van der Waals surface area contributed by atoms with E-state index in [-0.39, 0.29) is 6.42 Å². The molecule has 4 aromatic carbocycles. The van der Waals surface area contributed by atoms with E-state index in [9.17, 15) is 14.7 Å². The van der Waals surface area contributed by atoms with Gasteiger partial charge < -0.3 is 24.1 Å². The molecular formula is C33H28N2O7S. The highest BCUT2D eigenvalue weighted by atomic mass is 32.1. The van der Waals surface area contributed by atoms with Gasteiger partial charge in [0.2, 0.25) is 0 Å². The molecule has 9 nitrogen and oxygen atoms in total. The first-order chi connectivity index (χ1) is 20.9. The highest BCUT2D eigenvalue weighted by molar-refractivity contribution is 7.00. The number of cyclic esters (lactones) is 1. The molecule has 1 aliphatic rings. The van der Waals surface area contributed by atoms with Crippen molar-refractivity contribution in [2.45, 2.75) is 12.2 Å². The Labute approximate surface area is 252 Å². The monoisotopic (exact) mass is 596 g/mol. The lowest BCUT2D eigenvalue weighted by atomic mass is 9.88. The molecule has 2 heterocycles. The number of benzene rings is 4. The summed E-state index contributed by atoms with van der Waals surface area (Å²) in [6.45, 7) is 0. The molecule has 5 aromatic rings. The molecule has 43 heavy (non-hydrogen) atoms. The first-order valence-electron chi connectivity index (χ1n) is 13.2. The minimum atomic E-state index is -1.93. The molecule has 1 unspecified atom stereocenters. The number of ether oxygens (including phenoxy) is 4. The Morgan fingerprint density at radius 3 is 2.19 bits per heavy atom. The van der Waals surface area contributed by atoms with Gasteiger partial charge in [-0.25, -0.2) is 4.79 Å². The maximum Gasteiger partial charge on any atom is 0.342 e. The van der Waals surface area contributed by atoms with Crippen molar-refractivity contribution in [3.05, 3.63) is 119 Å². The average molecular weight is 597 g/mol. The fourth-order valence-electron chi connectivity index (χ4n) is 4.73. The Kier molecular flexibility index (Phi) is 8.79. The smallest absolute Gasteiger partial charge is 0.342 e. The predicted molar refractivity (Wildman–Crippen MR) is 162 cm³/mol. The second-order valence-corrected chi connectivity index (χ2v) is 10.0. The first kappa shape index (κ1) is 29.4. The number of rotatable bonds is 8. The van der Waals surface area contributed by atoms with Gasteiger partial charge >= 0.3 is 5.97 Å². The van der Waals surface area contributed by atoms with Crippen LogP contribution >= 0.6 is 11.7 Å². The molecular weight excluding hydrogens is 568 g/mol. The van der Waals surface area contributed by atoms with Crippen LogP contribution in [0, 0.1) is 0 Å². The molecule has 1 aliphatic heterocycles. The lowest BCUT2D eigenvalue weighted by Crippen LogP contribution is -2.29. The highest BCUT2D eigenvalue weighted by Crippen LogP contribution is 2.45. The van der Waals surface area contributed by atoms with Crippen LogP contribution in [0.3, 0.4) is 0 Å². The highest BCUT2D eigenvalue weighted by Gasteiger charge is 2.48. The van der Waals surface area contributed by atoms with Gasteiger partial charge in [0.25, 0.3) is 5.79 Å². The third kappa shape index (κ3) is 6.25. The van der Waals surface area contributed by atoms with E-state index in [2.05, 4.69) is 8.75 Å². The molecule has 6 rings (SSSR count). The zero-order valence-corrected chi connectivity index (χ0v) is 24.5. The molecule has 218 valence electrons. The number of hydrogen-bond acceptors (Lipinski definition) is 10. The van der Waals surface area contributed by atoms with Crippen molar-refractivity contribution in [1.82, 2.24) is 8.75 Å². The van der Waals surface area contributed by atoms with Crippen molar-refractivity contribution in [2.75, 3.05) is 21.3 Å². The van der Waals surface area contributed by atoms with Crippen molar-refractivity contribution < 1.29 is 33.6 Å². The van der Waals surface area contributed by atoms with Gasteiger partial charge in [-0.3, -0.25) is 4.79 Å². The number of aldehydes is 1. The SMILES string of the molecule is COc1ccc(C2(O)OC(=O)C(c3ccc4nsnc4c3)=C2Cc2cccc(OC)c2)cc1.COc1cccc(C=O)c1. The van der Waals surface area contributed by atoms with Gasteiger partial charge in [-0.1, -0.05) is 30.3 Å². The topological polar surface area (TPSA) is 117 Å². The Morgan fingerprint density at radius 1 is 0.814 bits per heavy atom. The van der Waals surface area contributed by atoms with Gasteiger partial charge in [0, 0.05) is 23.1 Å². The van der Waals surface area contributed by atoms with E-state index in [1.54, 1.807) is 82.0 Å². The van der Waals surface area contributed by atoms with Gasteiger partial charge in [-0.05, 0) is 71.8 Å². The minimum absolute atomic E-state index is 0.272. The fourth-order valence-corrected chi connectivity index (χ4v) is 5.25. The van der Waals surface area contributed by atoms with Crippen LogP contribution in [0.25, 0.3) is 16.6 Å². The number of hydrogen-bond donors (Lipinski definition) is 1. The van der Waals surface area contributed by atoms with Crippen molar-refractivity contribution in [2.24, 2.45) is 0 Å². The minimum Gasteiger partial charge on any atom is -0.497 e. The number of fused-ring (bicyclic) bond motifs is 1. The van der Waals surface area contributed by atoms with Crippen molar-refractivity contribution in [1.29, 1.82) is 0 Å². The maximum atomic E-state index is 13.2. The van der Waals surface area contributed by atoms with E-state index in [4.69, 9.17) is 18.9 Å². The van der Waals surface area contributed by atoms with Gasteiger partial charge in [0.05, 0.1) is 38.6 Å². The molecule has 1 aromatic heterocycles. The Bertz CT molecular complexity index is 1800. The Balaban J connectivity index is 0.000000314. The summed E-state index contributed by atoms with van der Waals surface area (Å²) >= 11 is 1.11. The zero-order chi connectivity index (χ0) is 30.4. The summed E-state index contributed by atoms with van der Waals surface area (Å²) in [6.07, 6.45) is 1.07. The predicted octanol–water partition coefficient (Wildman–Crippen LogP) is 5.61. The molecule has 0 radical (unpaired) electrons. The van der Waals surface area contributed by atoms with E-state index in [0.717, 1.165) is 29.1 Å². The van der Waals surface area contributed by atoms with Crippen molar-refractivity contribution >= 4 is 40.6 Å². The number of carbonyl (C=O) groups excluding carboxylic acids is 2. The summed E-state index contributed by atoms with van der Waals surface area (Å²) < 4.78 is 29.6. The van der Waals surface area contributed by atoms with E-state index >= 15 is 0 Å². The maximum absolute atomic E-state index is 13.2. The molecule has 0 saturated heterocycles. The second kappa shape index (κ2) is 12.8. The average Bonchev–Trinajstić information content (AvgIpc) is 3.62. The van der Waals surface area contributed by atoms with Crippen LogP contribution < -0.4 is 14.2 Å². The summed E-state index contributed by atoms with van der Waals surface area (Å²) in [4.78, 5) is 23.4. The first-order valence-corrected chi connectivity index (χ1v) is 13.9. The van der Waals surface area contributed by atoms with E-state index in [1.807, 2.05) is 30.3 Å². The molecule has 0 saturated carbocycles. The molecule has 0 amide bonds. The number of esters is 1. The Morgan fingerprint density at radius 2 is 1.49 bits per heavy atom. The zero-order valence-electron chi connectivity index (χ0n) is 23.6. The summed E-state index contributed by atoms with van der Waals surface area (Å²) in [5.41, 5.74) is 4.72. The van der Waals surface area contributed by atoms with Crippen LogP contribution in [0.15, 0.2) is 96.6 Å². The standard InChI is InChI=1S/C25H20N2O5S.C8H8O2/c1-30-18-9-7-17(8-10-18)25(29)20(13-15-4-3-5-19(12-15)31-2)23(24(28)32-25)16-6-11-21-22(14-16)27-33-26-21;1-10-8-4-2-3-7(5-8)6-9/h3-12,14,29H,13H2,1-2H3;2-6H,1H3. The third-order valence-corrected chi connectivity index (χ3v) is 7.48. The van der Waals surface area contributed by atoms with Crippen molar-refractivity contribution in [3.8, 4) is 17.2 Å². The van der Waals surface area contributed by atoms with Gasteiger partial charge in [-0.2, -0.15) is 8.75 Å². The molecule has 10 heteroatoms. The van der Waals surface area contributed by atoms with E-state index < -0.39 is 11.8 Å². The number of methoxy groups -OCH3 is 3. The van der Waals surface area contributed by atoms with Gasteiger partial charge in [0.1, 0.15) is 34.6 Å². The second-order valence-electron chi connectivity index (χ2n) is 9.51. The number of carbonyl (C=O) groups is 2. The van der Waals surface area contributed by atoms with Crippen LogP contribution in [0.2, 0.25) is 0 Å². The normalized spacial score (nSPS) is 15.9. The molecule has 0 aliphatic carbocycles. The fraction of sp³-hybridized carbons (Fsp3) is 0.152. The molecule has 1 atom stereocenters. The van der Waals surface area contributed by atoms with E-state index in [1.165, 1.54) is 0 Å². The lowest BCUT2D eigenvalue weighted by molar-refractivity contribution is -0.185. The molecule has 1 N–H and O–H groups in total. The molecule has 0 spiro atoms. The van der Waals surface area contributed by atoms with Crippen LogP contribution in [0.5, 0.6) is 17.2 Å². The summed E-state index contributed by atoms with van der Waals surface area (Å²) in [5.74, 6) is -0.509. The van der Waals surface area contributed by atoms with Crippen LogP contribution in [0.4, 0.5) is 0 Å². The number of nitrogens with zero attached hydrogens (tertiary/aromatic N) is 2. The van der Waals surface area contributed by atoms with Crippen LogP contribution in [-0.4, -0.2) is 47.4 Å². The van der Waals surface area contributed by atoms with Crippen LogP contribution in [0.1, 0.15) is 27.0 Å². The summed E-state index contributed by atoms with van der Waals surface area (Å²) in [5, 5.41) is 11.8. The number of aliphatic hydroxyl groups is 1. The third-order valence-electron chi connectivity index (χ3n) is 6.92. The van der Waals surface area contributed by atoms with Gasteiger partial charge in [-0.15, -0.1) is 0 Å². The molecule has 0 bridgehead atoms. The molecule has 0 fully saturated rings. The summed E-state index contributed by atoms with van der Waals surface area (Å²) in [7, 11) is 4.73. The summed E-state index contributed by atoms with van der Waals surface area (Å²) in [6, 6.07) is 26.7. The lowest BCUT2D eigenvalue weighted by Gasteiger charge is -2.26. The largest absolute Gasteiger partial charge is 0.497 e. The van der Waals surface area contributed by atoms with Crippen molar-refractivity contribution in [3.63, 3.8) is 0 Å².